The Morgan fingerprint density at radius 3 is 2.21 bits per heavy atom. The maximum atomic E-state index is 13.1. The first-order valence-electron chi connectivity index (χ1n) is 10.7. The highest BCUT2D eigenvalue weighted by atomic mass is 79.9. The smallest absolute Gasteiger partial charge is 0.323 e. The minimum absolute atomic E-state index is 0.252. The molecule has 1 saturated heterocycles. The zero-order valence-corrected chi connectivity index (χ0v) is 19.5. The summed E-state index contributed by atoms with van der Waals surface area (Å²) in [7, 11) is 0. The van der Waals surface area contributed by atoms with Gasteiger partial charge < -0.3 is 20.9 Å². The third kappa shape index (κ3) is 6.10. The van der Waals surface area contributed by atoms with E-state index in [9.17, 15) is 14.0 Å². The molecule has 3 aromatic carbocycles. The van der Waals surface area contributed by atoms with Gasteiger partial charge in [0.15, 0.2) is 0 Å². The van der Waals surface area contributed by atoms with Crippen LogP contribution < -0.4 is 20.9 Å². The fourth-order valence-corrected chi connectivity index (χ4v) is 4.00. The molecule has 0 aliphatic carbocycles. The Kier molecular flexibility index (Phi) is 7.24. The van der Waals surface area contributed by atoms with Crippen LogP contribution in [-0.2, 0) is 6.54 Å². The van der Waals surface area contributed by atoms with Gasteiger partial charge in [0.05, 0.1) is 5.56 Å². The molecule has 170 valence electrons. The average molecular weight is 511 g/mol. The second-order valence-corrected chi connectivity index (χ2v) is 8.74. The molecule has 0 aromatic heterocycles. The fraction of sp³-hybridized carbons (Fsp3) is 0.200. The van der Waals surface area contributed by atoms with Gasteiger partial charge in [0, 0.05) is 41.2 Å². The highest BCUT2D eigenvalue weighted by molar-refractivity contribution is 9.10. The number of rotatable bonds is 6. The van der Waals surface area contributed by atoms with Gasteiger partial charge in [-0.1, -0.05) is 28.1 Å². The van der Waals surface area contributed by atoms with Gasteiger partial charge in [-0.3, -0.25) is 4.79 Å². The number of carbonyl (C=O) groups excluding carboxylic acids is 2. The van der Waals surface area contributed by atoms with Crippen LogP contribution in [0.2, 0.25) is 0 Å². The van der Waals surface area contributed by atoms with Crippen molar-refractivity contribution in [2.45, 2.75) is 19.4 Å². The van der Waals surface area contributed by atoms with Crippen LogP contribution in [0.15, 0.2) is 71.2 Å². The summed E-state index contributed by atoms with van der Waals surface area (Å²) in [5.41, 5.74) is 3.29. The maximum Gasteiger partial charge on any atom is 0.323 e. The van der Waals surface area contributed by atoms with E-state index in [1.165, 1.54) is 12.1 Å². The fourth-order valence-electron chi connectivity index (χ4n) is 3.74. The number of nitrogens with one attached hydrogen (secondary N) is 3. The zero-order valence-electron chi connectivity index (χ0n) is 17.9. The molecule has 6 nitrogen and oxygen atoms in total. The molecule has 0 spiro atoms. The lowest BCUT2D eigenvalue weighted by Crippen LogP contribution is -2.27. The SMILES string of the molecule is O=C(Nc1ccc(Br)cc1)Nc1ccc(N2CCCC2)c(C(=O)NCc2ccc(F)cc2)c1. The summed E-state index contributed by atoms with van der Waals surface area (Å²) in [5, 5.41) is 8.47. The van der Waals surface area contributed by atoms with Crippen molar-refractivity contribution in [3.63, 3.8) is 0 Å². The van der Waals surface area contributed by atoms with Crippen LogP contribution in [-0.4, -0.2) is 25.0 Å². The Hall–Kier alpha value is -3.39. The highest BCUT2D eigenvalue weighted by Crippen LogP contribution is 2.28. The topological polar surface area (TPSA) is 73.5 Å². The van der Waals surface area contributed by atoms with Crippen molar-refractivity contribution in [1.29, 1.82) is 0 Å². The van der Waals surface area contributed by atoms with E-state index in [-0.39, 0.29) is 18.3 Å². The molecule has 0 radical (unpaired) electrons. The first kappa shape index (κ1) is 22.8. The van der Waals surface area contributed by atoms with Gasteiger partial charge >= 0.3 is 6.03 Å². The molecule has 0 unspecified atom stereocenters. The molecule has 1 heterocycles. The lowest BCUT2D eigenvalue weighted by Gasteiger charge is -2.22. The summed E-state index contributed by atoms with van der Waals surface area (Å²) in [6.45, 7) is 2.05. The standard InChI is InChI=1S/C25H24BrFN4O2/c26-18-5-9-20(10-6-18)29-25(33)30-21-11-12-23(31-13-1-2-14-31)22(15-21)24(32)28-16-17-3-7-19(27)8-4-17/h3-12,15H,1-2,13-14,16H2,(H,28,32)(H2,29,30,33). The van der Waals surface area contributed by atoms with E-state index in [2.05, 4.69) is 36.8 Å². The molecule has 33 heavy (non-hydrogen) atoms. The minimum Gasteiger partial charge on any atom is -0.371 e. The Morgan fingerprint density at radius 1 is 0.879 bits per heavy atom. The van der Waals surface area contributed by atoms with Gasteiger partial charge in [0.2, 0.25) is 0 Å². The third-order valence-corrected chi connectivity index (χ3v) is 5.94. The van der Waals surface area contributed by atoms with Gasteiger partial charge in [-0.15, -0.1) is 0 Å². The largest absolute Gasteiger partial charge is 0.371 e. The van der Waals surface area contributed by atoms with Crippen molar-refractivity contribution < 1.29 is 14.0 Å². The number of carbonyl (C=O) groups is 2. The van der Waals surface area contributed by atoms with Crippen molar-refractivity contribution in [3.8, 4) is 0 Å². The van der Waals surface area contributed by atoms with Crippen LogP contribution in [0.1, 0.15) is 28.8 Å². The first-order valence-corrected chi connectivity index (χ1v) is 11.5. The third-order valence-electron chi connectivity index (χ3n) is 5.41. The summed E-state index contributed by atoms with van der Waals surface area (Å²) in [6.07, 6.45) is 2.15. The highest BCUT2D eigenvalue weighted by Gasteiger charge is 2.20. The van der Waals surface area contributed by atoms with Crippen molar-refractivity contribution in [3.05, 3.63) is 88.1 Å². The molecule has 0 atom stereocenters. The van der Waals surface area contributed by atoms with Crippen molar-refractivity contribution in [2.24, 2.45) is 0 Å². The summed E-state index contributed by atoms with van der Waals surface area (Å²) >= 11 is 3.37. The van der Waals surface area contributed by atoms with Gasteiger partial charge in [0.25, 0.3) is 5.91 Å². The summed E-state index contributed by atoms with van der Waals surface area (Å²) in [6, 6.07) is 18.2. The molecule has 8 heteroatoms. The van der Waals surface area contributed by atoms with E-state index in [1.807, 2.05) is 18.2 Å². The van der Waals surface area contributed by atoms with Crippen LogP contribution in [0.5, 0.6) is 0 Å². The maximum absolute atomic E-state index is 13.1. The molecule has 1 aliphatic heterocycles. The minimum atomic E-state index is -0.399. The van der Waals surface area contributed by atoms with Gasteiger partial charge in [0.1, 0.15) is 5.82 Å². The second-order valence-electron chi connectivity index (χ2n) is 7.82. The first-order chi connectivity index (χ1) is 16.0. The molecule has 0 bridgehead atoms. The van der Waals surface area contributed by atoms with Crippen LogP contribution in [0, 0.1) is 5.82 Å². The van der Waals surface area contributed by atoms with Gasteiger partial charge in [-0.05, 0) is 73.0 Å². The van der Waals surface area contributed by atoms with E-state index in [0.29, 0.717) is 16.9 Å². The van der Waals surface area contributed by atoms with Crippen LogP contribution in [0.25, 0.3) is 0 Å². The van der Waals surface area contributed by atoms with Crippen LogP contribution in [0.4, 0.5) is 26.2 Å². The Morgan fingerprint density at radius 2 is 1.52 bits per heavy atom. The van der Waals surface area contributed by atoms with Crippen LogP contribution in [0.3, 0.4) is 0 Å². The quantitative estimate of drug-likeness (QED) is 0.394. The van der Waals surface area contributed by atoms with Crippen molar-refractivity contribution >= 4 is 44.9 Å². The molecule has 0 saturated carbocycles. The van der Waals surface area contributed by atoms with E-state index >= 15 is 0 Å². The molecule has 4 rings (SSSR count). The Balaban J connectivity index is 1.49. The lowest BCUT2D eigenvalue weighted by molar-refractivity contribution is 0.0951. The van der Waals surface area contributed by atoms with E-state index in [0.717, 1.165) is 41.7 Å². The van der Waals surface area contributed by atoms with Crippen molar-refractivity contribution in [1.82, 2.24) is 5.32 Å². The normalized spacial score (nSPS) is 13.0. The molecular formula is C25H24BrFN4O2. The van der Waals surface area contributed by atoms with Gasteiger partial charge in [-0.25, -0.2) is 9.18 Å². The number of hydrogen-bond acceptors (Lipinski definition) is 3. The summed E-state index contributed by atoms with van der Waals surface area (Å²) in [5.74, 6) is -0.570. The number of hydrogen-bond donors (Lipinski definition) is 3. The molecule has 1 fully saturated rings. The van der Waals surface area contributed by atoms with Gasteiger partial charge in [-0.2, -0.15) is 0 Å². The van der Waals surface area contributed by atoms with E-state index in [1.54, 1.807) is 36.4 Å². The van der Waals surface area contributed by atoms with Crippen LogP contribution >= 0.6 is 15.9 Å². The number of halogens is 2. The molecule has 3 aromatic rings. The Labute approximate surface area is 200 Å². The molecule has 1 aliphatic rings. The molecular weight excluding hydrogens is 487 g/mol. The van der Waals surface area contributed by atoms with E-state index < -0.39 is 6.03 Å². The summed E-state index contributed by atoms with van der Waals surface area (Å²) < 4.78 is 14.1. The average Bonchev–Trinajstić information content (AvgIpc) is 3.35. The monoisotopic (exact) mass is 510 g/mol. The zero-order chi connectivity index (χ0) is 23.2. The number of anilines is 3. The van der Waals surface area contributed by atoms with E-state index in [4.69, 9.17) is 0 Å². The predicted molar refractivity (Wildman–Crippen MR) is 132 cm³/mol. The molecule has 3 N–H and O–H groups in total. The van der Waals surface area contributed by atoms with Crippen molar-refractivity contribution in [2.75, 3.05) is 28.6 Å². The summed E-state index contributed by atoms with van der Waals surface area (Å²) in [4.78, 5) is 27.7. The molecule has 3 amide bonds. The number of benzene rings is 3. The second kappa shape index (κ2) is 10.5. The predicted octanol–water partition coefficient (Wildman–Crippen LogP) is 5.76. The number of nitrogens with zero attached hydrogens (tertiary/aromatic N) is 1. The Bertz CT molecular complexity index is 1130. The lowest BCUT2D eigenvalue weighted by atomic mass is 10.1. The number of urea groups is 1. The number of amides is 3.